The first-order chi connectivity index (χ1) is 14.1. The molecule has 0 aromatic carbocycles. The number of hydrogen-bond acceptors (Lipinski definition) is 3. The molecule has 4 rings (SSSR count). The van der Waals surface area contributed by atoms with Gasteiger partial charge in [0.05, 0.1) is 7.11 Å². The van der Waals surface area contributed by atoms with Gasteiger partial charge < -0.3 is 9.16 Å². The topological polar surface area (TPSA) is 35.5 Å². The summed E-state index contributed by atoms with van der Waals surface area (Å²) < 4.78 is 12.0. The maximum Gasteiger partial charge on any atom is 0.334 e. The van der Waals surface area contributed by atoms with Gasteiger partial charge >= 0.3 is 5.97 Å². The molecule has 1 fully saturated rings. The fourth-order valence-electron chi connectivity index (χ4n) is 7.01. The zero-order valence-corrected chi connectivity index (χ0v) is 21.2. The van der Waals surface area contributed by atoms with Crippen LogP contribution in [0.25, 0.3) is 0 Å². The minimum atomic E-state index is -1.79. The molecule has 1 saturated carbocycles. The van der Waals surface area contributed by atoms with Crippen molar-refractivity contribution in [2.24, 2.45) is 10.8 Å². The van der Waals surface area contributed by atoms with Crippen LogP contribution in [0.5, 0.6) is 0 Å². The molecule has 0 heterocycles. The zero-order chi connectivity index (χ0) is 21.8. The average Bonchev–Trinajstić information content (AvgIpc) is 2.96. The normalized spacial score (nSPS) is 31.5. The van der Waals surface area contributed by atoms with Gasteiger partial charge in [0, 0.05) is 23.0 Å². The smallest absolute Gasteiger partial charge is 0.334 e. The van der Waals surface area contributed by atoms with Gasteiger partial charge in [0.25, 0.3) is 0 Å². The number of esters is 1. The Kier molecular flexibility index (Phi) is 5.67. The third kappa shape index (κ3) is 2.88. The minimum absolute atomic E-state index is 0.0164. The Hall–Kier alpha value is -0.873. The van der Waals surface area contributed by atoms with Crippen molar-refractivity contribution in [1.82, 2.24) is 0 Å². The van der Waals surface area contributed by atoms with E-state index in [9.17, 15) is 4.79 Å². The molecule has 2 unspecified atom stereocenters. The first-order valence-corrected chi connectivity index (χ1v) is 15.2. The molecular formula is C26H42O3Si. The molecule has 0 bridgehead atoms. The molecule has 0 N–H and O–H groups in total. The SMILES string of the molecule is COC(=O)C1=C(CCO[Si](C)(C)C(C)(C)C)C23CCCCCC12C1=C3CCCCC1. The molecule has 0 radical (unpaired) electrons. The lowest BCUT2D eigenvalue weighted by atomic mass is 9.31. The maximum atomic E-state index is 13.1. The summed E-state index contributed by atoms with van der Waals surface area (Å²) in [5, 5.41) is 0.212. The van der Waals surface area contributed by atoms with Gasteiger partial charge in [-0.25, -0.2) is 4.79 Å². The molecule has 4 aliphatic rings. The van der Waals surface area contributed by atoms with E-state index in [1.807, 2.05) is 0 Å². The highest BCUT2D eigenvalue weighted by molar-refractivity contribution is 6.74. The van der Waals surface area contributed by atoms with Crippen molar-refractivity contribution in [3.63, 3.8) is 0 Å². The Morgan fingerprint density at radius 1 is 0.933 bits per heavy atom. The Morgan fingerprint density at radius 2 is 1.50 bits per heavy atom. The molecule has 3 nitrogen and oxygen atoms in total. The molecule has 4 aliphatic carbocycles. The molecule has 0 amide bonds. The Morgan fingerprint density at radius 3 is 2.10 bits per heavy atom. The highest BCUT2D eigenvalue weighted by atomic mass is 28.4. The van der Waals surface area contributed by atoms with E-state index in [-0.39, 0.29) is 21.8 Å². The van der Waals surface area contributed by atoms with Gasteiger partial charge in [-0.05, 0) is 68.7 Å². The monoisotopic (exact) mass is 430 g/mol. The van der Waals surface area contributed by atoms with Crippen LogP contribution >= 0.6 is 0 Å². The van der Waals surface area contributed by atoms with Gasteiger partial charge in [0.1, 0.15) is 0 Å². The predicted molar refractivity (Wildman–Crippen MR) is 125 cm³/mol. The van der Waals surface area contributed by atoms with E-state index in [0.717, 1.165) is 25.0 Å². The first-order valence-electron chi connectivity index (χ1n) is 12.3. The van der Waals surface area contributed by atoms with Crippen molar-refractivity contribution in [2.45, 2.75) is 110 Å². The molecule has 168 valence electrons. The summed E-state index contributed by atoms with van der Waals surface area (Å²) >= 11 is 0. The standard InChI is InChI=1S/C26H42O3Si/c1-24(2,3)30(5,6)29-18-15-21-22(23(27)28-4)26-17-12-8-11-16-25(21,26)19-13-9-7-10-14-20(19)26/h7-18H2,1-6H3. The van der Waals surface area contributed by atoms with Gasteiger partial charge in [-0.15, -0.1) is 0 Å². The molecule has 4 heteroatoms. The van der Waals surface area contributed by atoms with Gasteiger partial charge in [-0.2, -0.15) is 0 Å². The van der Waals surface area contributed by atoms with Crippen LogP contribution in [0.15, 0.2) is 22.3 Å². The first kappa shape index (κ1) is 22.3. The average molecular weight is 431 g/mol. The fraction of sp³-hybridized carbons (Fsp3) is 0.808. The molecule has 0 aliphatic heterocycles. The highest BCUT2D eigenvalue weighted by Crippen LogP contribution is 2.81. The molecule has 30 heavy (non-hydrogen) atoms. The third-order valence-corrected chi connectivity index (χ3v) is 13.9. The van der Waals surface area contributed by atoms with Gasteiger partial charge in [-0.3, -0.25) is 0 Å². The summed E-state index contributed by atoms with van der Waals surface area (Å²) in [6, 6.07) is 0. The van der Waals surface area contributed by atoms with Crippen LogP contribution in [0.4, 0.5) is 0 Å². The summed E-state index contributed by atoms with van der Waals surface area (Å²) in [6.07, 6.45) is 13.5. The van der Waals surface area contributed by atoms with Crippen LogP contribution in [0, 0.1) is 10.8 Å². The number of rotatable bonds is 5. The van der Waals surface area contributed by atoms with Gasteiger partial charge in [-0.1, -0.05) is 57.6 Å². The summed E-state index contributed by atoms with van der Waals surface area (Å²) in [6.45, 7) is 12.3. The van der Waals surface area contributed by atoms with E-state index in [2.05, 4.69) is 33.9 Å². The number of carbonyl (C=O) groups excluding carboxylic acids is 1. The summed E-state index contributed by atoms with van der Waals surface area (Å²) in [4.78, 5) is 13.1. The lowest BCUT2D eigenvalue weighted by molar-refractivity contribution is -0.140. The Balaban J connectivity index is 1.69. The van der Waals surface area contributed by atoms with Crippen LogP contribution in [-0.4, -0.2) is 28.0 Å². The summed E-state index contributed by atoms with van der Waals surface area (Å²) in [5.74, 6) is -0.0642. The molecular weight excluding hydrogens is 388 g/mol. The van der Waals surface area contributed by atoms with Gasteiger partial charge in [0.15, 0.2) is 8.32 Å². The van der Waals surface area contributed by atoms with Crippen LogP contribution in [0.3, 0.4) is 0 Å². The van der Waals surface area contributed by atoms with E-state index in [4.69, 9.17) is 9.16 Å². The van der Waals surface area contributed by atoms with Crippen LogP contribution in [-0.2, 0) is 14.0 Å². The van der Waals surface area contributed by atoms with Crippen LogP contribution in [0.1, 0.15) is 91.4 Å². The third-order valence-electron chi connectivity index (χ3n) is 9.33. The maximum absolute atomic E-state index is 13.1. The van der Waals surface area contributed by atoms with E-state index in [1.54, 1.807) is 18.3 Å². The van der Waals surface area contributed by atoms with Crippen LogP contribution in [0.2, 0.25) is 18.1 Å². The number of ether oxygens (including phenoxy) is 1. The van der Waals surface area contributed by atoms with Crippen molar-refractivity contribution >= 4 is 14.3 Å². The van der Waals surface area contributed by atoms with Gasteiger partial charge in [0.2, 0.25) is 0 Å². The van der Waals surface area contributed by atoms with E-state index in [0.29, 0.717) is 0 Å². The summed E-state index contributed by atoms with van der Waals surface area (Å²) in [5.41, 5.74) is 6.02. The zero-order valence-electron chi connectivity index (χ0n) is 20.2. The Labute approximate surface area is 184 Å². The second-order valence-electron chi connectivity index (χ2n) is 11.6. The van der Waals surface area contributed by atoms with Crippen molar-refractivity contribution in [1.29, 1.82) is 0 Å². The van der Waals surface area contributed by atoms with E-state index in [1.165, 1.54) is 63.4 Å². The molecule has 0 spiro atoms. The number of hydrogen-bond donors (Lipinski definition) is 0. The highest BCUT2D eigenvalue weighted by Gasteiger charge is 2.74. The van der Waals surface area contributed by atoms with Crippen molar-refractivity contribution in [2.75, 3.05) is 13.7 Å². The lowest BCUT2D eigenvalue weighted by Gasteiger charge is -2.71. The number of methoxy groups -OCH3 is 1. The molecule has 0 aromatic heterocycles. The van der Waals surface area contributed by atoms with E-state index < -0.39 is 8.32 Å². The molecule has 0 aromatic rings. The minimum Gasteiger partial charge on any atom is -0.466 e. The lowest BCUT2D eigenvalue weighted by Crippen LogP contribution is -2.64. The molecule has 0 saturated heterocycles. The second-order valence-corrected chi connectivity index (χ2v) is 16.4. The number of carbonyl (C=O) groups is 1. The van der Waals surface area contributed by atoms with Crippen molar-refractivity contribution in [3.8, 4) is 0 Å². The van der Waals surface area contributed by atoms with Crippen molar-refractivity contribution in [3.05, 3.63) is 22.3 Å². The van der Waals surface area contributed by atoms with E-state index >= 15 is 0 Å². The van der Waals surface area contributed by atoms with Crippen LogP contribution < -0.4 is 0 Å². The Bertz CT molecular complexity index is 785. The quantitative estimate of drug-likeness (QED) is 0.265. The molecule has 2 atom stereocenters. The predicted octanol–water partition coefficient (Wildman–Crippen LogP) is 7.09. The summed E-state index contributed by atoms with van der Waals surface area (Å²) in [7, 11) is -0.227. The second kappa shape index (κ2) is 7.62. The fourth-order valence-corrected chi connectivity index (χ4v) is 8.06. The van der Waals surface area contributed by atoms with Crippen molar-refractivity contribution < 1.29 is 14.0 Å². The number of allylic oxidation sites excluding steroid dienone is 2. The largest absolute Gasteiger partial charge is 0.466 e.